The highest BCUT2D eigenvalue weighted by Gasteiger charge is 2.42. The van der Waals surface area contributed by atoms with Crippen molar-refractivity contribution in [3.63, 3.8) is 0 Å². The third-order valence-corrected chi connectivity index (χ3v) is 2.72. The fraction of sp³-hybridized carbons (Fsp3) is 1.00. The maximum absolute atomic E-state index is 8.68. The number of hydrogen-bond donors (Lipinski definition) is 2. The van der Waals surface area contributed by atoms with Crippen LogP contribution in [0.15, 0.2) is 0 Å². The normalized spacial score (nSPS) is 24.3. The molecule has 0 heterocycles. The van der Waals surface area contributed by atoms with Crippen LogP contribution in [0, 0.1) is 0 Å². The molecule has 0 bridgehead atoms. The topological polar surface area (TPSA) is 55.5 Å². The van der Waals surface area contributed by atoms with Gasteiger partial charge >= 0.3 is 0 Å². The second-order valence-corrected chi connectivity index (χ2v) is 3.24. The first-order chi connectivity index (χ1) is 5.25. The van der Waals surface area contributed by atoms with Crippen LogP contribution in [0.3, 0.4) is 0 Å². The summed E-state index contributed by atoms with van der Waals surface area (Å²) < 4.78 is 5.35. The molecule has 1 aliphatic carbocycles. The van der Waals surface area contributed by atoms with Crippen molar-refractivity contribution in [1.82, 2.24) is 0 Å². The summed E-state index contributed by atoms with van der Waals surface area (Å²) in [5, 5.41) is 8.68. The maximum Gasteiger partial charge on any atom is 0.0829 e. The predicted octanol–water partition coefficient (Wildman–Crippen LogP) is 0.265. The van der Waals surface area contributed by atoms with Crippen molar-refractivity contribution >= 4 is 0 Å². The van der Waals surface area contributed by atoms with Gasteiger partial charge in [-0.1, -0.05) is 0 Å². The van der Waals surface area contributed by atoms with E-state index >= 15 is 0 Å². The lowest BCUT2D eigenvalue weighted by Crippen LogP contribution is -2.54. The van der Waals surface area contributed by atoms with E-state index in [0.717, 1.165) is 12.8 Å². The molecule has 0 aromatic rings. The van der Waals surface area contributed by atoms with Crippen molar-refractivity contribution in [3.8, 4) is 0 Å². The Kier molecular flexibility index (Phi) is 2.87. The molecule has 1 rings (SSSR count). The van der Waals surface area contributed by atoms with Gasteiger partial charge in [-0.3, -0.25) is 0 Å². The van der Waals surface area contributed by atoms with E-state index in [4.69, 9.17) is 15.6 Å². The van der Waals surface area contributed by atoms with Gasteiger partial charge in [0.05, 0.1) is 5.60 Å². The van der Waals surface area contributed by atoms with Gasteiger partial charge in [-0.25, -0.2) is 0 Å². The highest BCUT2D eigenvalue weighted by molar-refractivity contribution is 4.97. The average molecular weight is 159 g/mol. The Balaban J connectivity index is 2.40. The smallest absolute Gasteiger partial charge is 0.0829 e. The van der Waals surface area contributed by atoms with E-state index in [2.05, 4.69) is 0 Å². The summed E-state index contributed by atoms with van der Waals surface area (Å²) in [7, 11) is 1.70. The SMILES string of the molecule is COC1(C(N)CCO)CCC1. The van der Waals surface area contributed by atoms with Crippen LogP contribution in [0.25, 0.3) is 0 Å². The number of aliphatic hydroxyl groups excluding tert-OH is 1. The number of methoxy groups -OCH3 is 1. The van der Waals surface area contributed by atoms with Gasteiger partial charge in [0.15, 0.2) is 0 Å². The van der Waals surface area contributed by atoms with Crippen LogP contribution >= 0.6 is 0 Å². The molecule has 1 atom stereocenters. The van der Waals surface area contributed by atoms with E-state index in [1.807, 2.05) is 0 Å². The van der Waals surface area contributed by atoms with Gasteiger partial charge in [-0.2, -0.15) is 0 Å². The summed E-state index contributed by atoms with van der Waals surface area (Å²) in [4.78, 5) is 0. The zero-order chi connectivity index (χ0) is 8.32. The molecule has 3 N–H and O–H groups in total. The minimum Gasteiger partial charge on any atom is -0.396 e. The molecular weight excluding hydrogens is 142 g/mol. The Morgan fingerprint density at radius 3 is 2.55 bits per heavy atom. The first-order valence-electron chi connectivity index (χ1n) is 4.17. The van der Waals surface area contributed by atoms with Gasteiger partial charge in [-0.05, 0) is 25.7 Å². The minimum absolute atomic E-state index is 0.00579. The summed E-state index contributed by atoms with van der Waals surface area (Å²) in [6, 6.07) is 0.00579. The quantitative estimate of drug-likeness (QED) is 0.619. The number of rotatable bonds is 4. The standard InChI is InChI=1S/C8H17NO2/c1-11-8(4-2-5-8)7(9)3-6-10/h7,10H,2-6,9H2,1H3. The van der Waals surface area contributed by atoms with E-state index in [1.54, 1.807) is 7.11 Å². The molecule has 0 amide bonds. The van der Waals surface area contributed by atoms with E-state index in [1.165, 1.54) is 6.42 Å². The largest absolute Gasteiger partial charge is 0.396 e. The summed E-state index contributed by atoms with van der Waals surface area (Å²) in [6.07, 6.45) is 3.94. The van der Waals surface area contributed by atoms with Crippen molar-refractivity contribution in [2.24, 2.45) is 5.73 Å². The van der Waals surface area contributed by atoms with Crippen molar-refractivity contribution in [3.05, 3.63) is 0 Å². The molecule has 0 aliphatic heterocycles. The van der Waals surface area contributed by atoms with Crippen molar-refractivity contribution < 1.29 is 9.84 Å². The molecule has 0 spiro atoms. The summed E-state index contributed by atoms with van der Waals surface area (Å²) >= 11 is 0. The number of aliphatic hydroxyl groups is 1. The predicted molar refractivity (Wildman–Crippen MR) is 43.3 cm³/mol. The molecule has 11 heavy (non-hydrogen) atoms. The zero-order valence-electron chi connectivity index (χ0n) is 7.05. The molecular formula is C8H17NO2. The first-order valence-corrected chi connectivity index (χ1v) is 4.17. The number of nitrogens with two attached hydrogens (primary N) is 1. The monoisotopic (exact) mass is 159 g/mol. The minimum atomic E-state index is -0.108. The van der Waals surface area contributed by atoms with Gasteiger partial charge < -0.3 is 15.6 Å². The Bertz CT molecular complexity index is 118. The van der Waals surface area contributed by atoms with E-state index in [0.29, 0.717) is 6.42 Å². The van der Waals surface area contributed by atoms with Crippen LogP contribution < -0.4 is 5.73 Å². The van der Waals surface area contributed by atoms with Crippen LogP contribution in [0.4, 0.5) is 0 Å². The first kappa shape index (κ1) is 8.97. The molecule has 0 radical (unpaired) electrons. The fourth-order valence-corrected chi connectivity index (χ4v) is 1.65. The Morgan fingerprint density at radius 2 is 2.27 bits per heavy atom. The second-order valence-electron chi connectivity index (χ2n) is 3.24. The molecule has 0 aromatic heterocycles. The van der Waals surface area contributed by atoms with Crippen LogP contribution in [0.5, 0.6) is 0 Å². The third-order valence-electron chi connectivity index (χ3n) is 2.72. The lowest BCUT2D eigenvalue weighted by atomic mass is 9.74. The van der Waals surface area contributed by atoms with Crippen LogP contribution in [0.2, 0.25) is 0 Å². The number of ether oxygens (including phenoxy) is 1. The van der Waals surface area contributed by atoms with Gasteiger partial charge in [0, 0.05) is 19.8 Å². The Morgan fingerprint density at radius 1 is 1.64 bits per heavy atom. The fourth-order valence-electron chi connectivity index (χ4n) is 1.65. The van der Waals surface area contributed by atoms with Crippen LogP contribution in [-0.4, -0.2) is 30.5 Å². The average Bonchev–Trinajstić information content (AvgIpc) is 1.87. The van der Waals surface area contributed by atoms with E-state index in [9.17, 15) is 0 Å². The molecule has 66 valence electrons. The highest BCUT2D eigenvalue weighted by atomic mass is 16.5. The molecule has 1 saturated carbocycles. The molecule has 1 unspecified atom stereocenters. The summed E-state index contributed by atoms with van der Waals surface area (Å²) in [6.45, 7) is 0.159. The highest BCUT2D eigenvalue weighted by Crippen LogP contribution is 2.38. The summed E-state index contributed by atoms with van der Waals surface area (Å²) in [5.74, 6) is 0. The Labute approximate surface area is 67.5 Å². The van der Waals surface area contributed by atoms with Crippen molar-refractivity contribution in [2.75, 3.05) is 13.7 Å². The summed E-state index contributed by atoms with van der Waals surface area (Å²) in [5.41, 5.74) is 5.74. The molecule has 1 fully saturated rings. The van der Waals surface area contributed by atoms with Crippen molar-refractivity contribution in [1.29, 1.82) is 0 Å². The molecule has 0 aromatic carbocycles. The number of hydrogen-bond acceptors (Lipinski definition) is 3. The van der Waals surface area contributed by atoms with Gasteiger partial charge in [0.1, 0.15) is 0 Å². The Hall–Kier alpha value is -0.120. The third kappa shape index (κ3) is 1.55. The second kappa shape index (κ2) is 3.52. The molecule has 3 heteroatoms. The lowest BCUT2D eigenvalue weighted by molar-refractivity contribution is -0.0934. The van der Waals surface area contributed by atoms with Crippen molar-refractivity contribution in [2.45, 2.75) is 37.3 Å². The van der Waals surface area contributed by atoms with Gasteiger partial charge in [-0.15, -0.1) is 0 Å². The van der Waals surface area contributed by atoms with Gasteiger partial charge in [0.25, 0.3) is 0 Å². The molecule has 3 nitrogen and oxygen atoms in total. The van der Waals surface area contributed by atoms with E-state index < -0.39 is 0 Å². The lowest BCUT2D eigenvalue weighted by Gasteiger charge is -2.44. The molecule has 0 saturated heterocycles. The molecule has 1 aliphatic rings. The van der Waals surface area contributed by atoms with Crippen LogP contribution in [0.1, 0.15) is 25.7 Å². The van der Waals surface area contributed by atoms with Gasteiger partial charge in [0.2, 0.25) is 0 Å². The van der Waals surface area contributed by atoms with E-state index in [-0.39, 0.29) is 18.2 Å². The maximum atomic E-state index is 8.68. The zero-order valence-corrected chi connectivity index (χ0v) is 7.05. The van der Waals surface area contributed by atoms with Crippen LogP contribution in [-0.2, 0) is 4.74 Å².